The van der Waals surface area contributed by atoms with Gasteiger partial charge in [0.05, 0.1) is 22.1 Å². The summed E-state index contributed by atoms with van der Waals surface area (Å²) >= 11 is 7.54. The number of amides is 2. The predicted molar refractivity (Wildman–Crippen MR) is 101 cm³/mol. The fourth-order valence-corrected chi connectivity index (χ4v) is 3.87. The number of benzene rings is 1. The van der Waals surface area contributed by atoms with Crippen molar-refractivity contribution in [3.05, 3.63) is 51.2 Å². The SMILES string of the molecule is Cc1ccsc1C(=O)N1CCN(CC(=O)Nc2ccccc2Cl)CC1. The number of aryl methyl sites for hydroxylation is 1. The Kier molecular flexibility index (Phi) is 5.73. The minimum Gasteiger partial charge on any atom is -0.335 e. The van der Waals surface area contributed by atoms with Crippen LogP contribution in [0.25, 0.3) is 0 Å². The zero-order valence-electron chi connectivity index (χ0n) is 14.0. The summed E-state index contributed by atoms with van der Waals surface area (Å²) in [4.78, 5) is 29.4. The average Bonchev–Trinajstić information content (AvgIpc) is 3.03. The van der Waals surface area contributed by atoms with E-state index in [0.717, 1.165) is 10.4 Å². The molecule has 0 bridgehead atoms. The highest BCUT2D eigenvalue weighted by Gasteiger charge is 2.24. The number of carbonyl (C=O) groups is 2. The Labute approximate surface area is 156 Å². The molecule has 1 aromatic carbocycles. The van der Waals surface area contributed by atoms with Gasteiger partial charge in [-0.3, -0.25) is 14.5 Å². The summed E-state index contributed by atoms with van der Waals surface area (Å²) in [7, 11) is 0. The normalized spacial score (nSPS) is 15.2. The first kappa shape index (κ1) is 17.9. The Morgan fingerprint density at radius 3 is 2.52 bits per heavy atom. The van der Waals surface area contributed by atoms with Crippen LogP contribution < -0.4 is 5.32 Å². The van der Waals surface area contributed by atoms with E-state index in [9.17, 15) is 9.59 Å². The van der Waals surface area contributed by atoms with Gasteiger partial charge in [-0.15, -0.1) is 11.3 Å². The summed E-state index contributed by atoms with van der Waals surface area (Å²) in [6.45, 7) is 4.90. The molecule has 2 amide bonds. The molecule has 1 aliphatic rings. The molecule has 7 heteroatoms. The first-order valence-corrected chi connectivity index (χ1v) is 9.40. The largest absolute Gasteiger partial charge is 0.335 e. The minimum absolute atomic E-state index is 0.0904. The van der Waals surface area contributed by atoms with Crippen molar-refractivity contribution in [2.45, 2.75) is 6.92 Å². The lowest BCUT2D eigenvalue weighted by Crippen LogP contribution is -2.50. The highest BCUT2D eigenvalue weighted by molar-refractivity contribution is 7.12. The van der Waals surface area contributed by atoms with Gasteiger partial charge in [0.15, 0.2) is 0 Å². The molecule has 25 heavy (non-hydrogen) atoms. The molecule has 2 aromatic rings. The molecule has 5 nitrogen and oxygen atoms in total. The van der Waals surface area contributed by atoms with Crippen LogP contribution in [-0.2, 0) is 4.79 Å². The summed E-state index contributed by atoms with van der Waals surface area (Å²) in [5.74, 6) is -0.00496. The molecule has 0 spiro atoms. The number of nitrogens with one attached hydrogen (secondary N) is 1. The quantitative estimate of drug-likeness (QED) is 0.890. The first-order chi connectivity index (χ1) is 12.0. The van der Waals surface area contributed by atoms with E-state index in [-0.39, 0.29) is 11.8 Å². The van der Waals surface area contributed by atoms with Crippen LogP contribution in [0.1, 0.15) is 15.2 Å². The van der Waals surface area contributed by atoms with Crippen LogP contribution in [-0.4, -0.2) is 54.3 Å². The van der Waals surface area contributed by atoms with Gasteiger partial charge in [0, 0.05) is 26.2 Å². The van der Waals surface area contributed by atoms with Crippen molar-refractivity contribution in [3.63, 3.8) is 0 Å². The number of halogens is 1. The molecular formula is C18H20ClN3O2S. The standard InChI is InChI=1S/C18H20ClN3O2S/c1-13-6-11-25-17(13)18(24)22-9-7-21(8-10-22)12-16(23)20-15-5-3-2-4-14(15)19/h2-6,11H,7-10,12H2,1H3,(H,20,23). The lowest BCUT2D eigenvalue weighted by Gasteiger charge is -2.34. The van der Waals surface area contributed by atoms with E-state index < -0.39 is 0 Å². The lowest BCUT2D eigenvalue weighted by molar-refractivity contribution is -0.117. The van der Waals surface area contributed by atoms with E-state index in [0.29, 0.717) is 43.4 Å². The van der Waals surface area contributed by atoms with E-state index in [2.05, 4.69) is 10.2 Å². The van der Waals surface area contributed by atoms with Crippen molar-refractivity contribution >= 4 is 40.4 Å². The highest BCUT2D eigenvalue weighted by Crippen LogP contribution is 2.21. The second-order valence-electron chi connectivity index (χ2n) is 6.03. The zero-order chi connectivity index (χ0) is 17.8. The van der Waals surface area contributed by atoms with Crippen molar-refractivity contribution in [2.24, 2.45) is 0 Å². The molecule has 2 heterocycles. The van der Waals surface area contributed by atoms with E-state index in [4.69, 9.17) is 11.6 Å². The topological polar surface area (TPSA) is 52.7 Å². The summed E-state index contributed by atoms with van der Waals surface area (Å²) in [5.41, 5.74) is 1.65. The van der Waals surface area contributed by atoms with Gasteiger partial charge < -0.3 is 10.2 Å². The molecule has 1 saturated heterocycles. The monoisotopic (exact) mass is 377 g/mol. The van der Waals surface area contributed by atoms with Crippen LogP contribution >= 0.6 is 22.9 Å². The Hall–Kier alpha value is -1.89. The molecule has 1 aliphatic heterocycles. The van der Waals surface area contributed by atoms with E-state index in [1.165, 1.54) is 11.3 Å². The van der Waals surface area contributed by atoms with Crippen molar-refractivity contribution in [3.8, 4) is 0 Å². The van der Waals surface area contributed by atoms with E-state index in [1.54, 1.807) is 12.1 Å². The maximum Gasteiger partial charge on any atom is 0.264 e. The minimum atomic E-state index is -0.0954. The molecule has 0 saturated carbocycles. The molecule has 0 unspecified atom stereocenters. The number of hydrogen-bond donors (Lipinski definition) is 1. The molecule has 3 rings (SSSR count). The fraction of sp³-hybridized carbons (Fsp3) is 0.333. The lowest BCUT2D eigenvalue weighted by atomic mass is 10.2. The third-order valence-electron chi connectivity index (χ3n) is 4.23. The molecule has 0 atom stereocenters. The Morgan fingerprint density at radius 1 is 1.16 bits per heavy atom. The van der Waals surface area contributed by atoms with Gasteiger partial charge in [-0.25, -0.2) is 0 Å². The van der Waals surface area contributed by atoms with Crippen molar-refractivity contribution in [1.29, 1.82) is 0 Å². The second-order valence-corrected chi connectivity index (χ2v) is 7.35. The summed E-state index contributed by atoms with van der Waals surface area (Å²) in [5, 5.41) is 5.30. The van der Waals surface area contributed by atoms with Gasteiger partial charge in [-0.1, -0.05) is 23.7 Å². The van der Waals surface area contributed by atoms with Gasteiger partial charge in [-0.05, 0) is 36.1 Å². The molecule has 132 valence electrons. The van der Waals surface area contributed by atoms with Gasteiger partial charge in [-0.2, -0.15) is 0 Å². The zero-order valence-corrected chi connectivity index (χ0v) is 15.6. The van der Waals surface area contributed by atoms with Gasteiger partial charge in [0.2, 0.25) is 5.91 Å². The number of carbonyl (C=O) groups excluding carboxylic acids is 2. The molecular weight excluding hydrogens is 358 g/mol. The van der Waals surface area contributed by atoms with E-state index >= 15 is 0 Å². The predicted octanol–water partition coefficient (Wildman–Crippen LogP) is 3.11. The Morgan fingerprint density at radius 2 is 1.88 bits per heavy atom. The molecule has 0 aliphatic carbocycles. The van der Waals surface area contributed by atoms with E-state index in [1.807, 2.05) is 35.4 Å². The number of para-hydroxylation sites is 1. The number of anilines is 1. The number of rotatable bonds is 4. The average molecular weight is 378 g/mol. The maximum atomic E-state index is 12.5. The number of thiophene rings is 1. The first-order valence-electron chi connectivity index (χ1n) is 8.14. The smallest absolute Gasteiger partial charge is 0.264 e. The maximum absolute atomic E-state index is 12.5. The molecule has 1 N–H and O–H groups in total. The summed E-state index contributed by atoms with van der Waals surface area (Å²) < 4.78 is 0. The van der Waals surface area contributed by atoms with Crippen LogP contribution in [0.4, 0.5) is 5.69 Å². The molecule has 1 aromatic heterocycles. The summed E-state index contributed by atoms with van der Waals surface area (Å²) in [6.07, 6.45) is 0. The van der Waals surface area contributed by atoms with Crippen LogP contribution in [0.3, 0.4) is 0 Å². The number of hydrogen-bond acceptors (Lipinski definition) is 4. The van der Waals surface area contributed by atoms with Crippen molar-refractivity contribution in [1.82, 2.24) is 9.80 Å². The number of nitrogens with zero attached hydrogens (tertiary/aromatic N) is 2. The van der Waals surface area contributed by atoms with Crippen LogP contribution in [0.2, 0.25) is 5.02 Å². The van der Waals surface area contributed by atoms with Crippen LogP contribution in [0.5, 0.6) is 0 Å². The number of piperazine rings is 1. The highest BCUT2D eigenvalue weighted by atomic mass is 35.5. The van der Waals surface area contributed by atoms with Crippen LogP contribution in [0, 0.1) is 6.92 Å². The molecule has 0 radical (unpaired) electrons. The van der Waals surface area contributed by atoms with Crippen molar-refractivity contribution < 1.29 is 9.59 Å². The fourth-order valence-electron chi connectivity index (χ4n) is 2.80. The third-order valence-corrected chi connectivity index (χ3v) is 5.57. The van der Waals surface area contributed by atoms with Crippen LogP contribution in [0.15, 0.2) is 35.7 Å². The van der Waals surface area contributed by atoms with Gasteiger partial charge >= 0.3 is 0 Å². The summed E-state index contributed by atoms with van der Waals surface area (Å²) in [6, 6.07) is 9.14. The van der Waals surface area contributed by atoms with Gasteiger partial charge in [0.25, 0.3) is 5.91 Å². The third kappa shape index (κ3) is 4.39. The van der Waals surface area contributed by atoms with Gasteiger partial charge in [0.1, 0.15) is 0 Å². The molecule has 1 fully saturated rings. The van der Waals surface area contributed by atoms with Crippen molar-refractivity contribution in [2.75, 3.05) is 38.0 Å². The second kappa shape index (κ2) is 7.99. The Bertz CT molecular complexity index is 769. The Balaban J connectivity index is 1.49.